The lowest BCUT2D eigenvalue weighted by molar-refractivity contribution is -0.244. The molecule has 0 amide bonds. The molecule has 0 aromatic carbocycles. The summed E-state index contributed by atoms with van der Waals surface area (Å²) in [5.74, 6) is 2.75. The van der Waals surface area contributed by atoms with E-state index in [1.54, 1.807) is 0 Å². The van der Waals surface area contributed by atoms with Crippen LogP contribution in [0.2, 0.25) is 0 Å². The summed E-state index contributed by atoms with van der Waals surface area (Å²) in [6.07, 6.45) is 16.4. The lowest BCUT2D eigenvalue weighted by atomic mass is 9.74. The minimum absolute atomic E-state index is 0.0185. The second-order valence-corrected chi connectivity index (χ2v) is 11.0. The second kappa shape index (κ2) is 6.78. The predicted octanol–water partition coefficient (Wildman–Crippen LogP) is 6.27. The molecule has 4 aliphatic carbocycles. The van der Waals surface area contributed by atoms with E-state index in [-0.39, 0.29) is 18.5 Å². The van der Waals surface area contributed by atoms with E-state index < -0.39 is 0 Å². The van der Waals surface area contributed by atoms with Gasteiger partial charge in [-0.15, -0.1) is 0 Å². The number of hydrogen-bond acceptors (Lipinski definition) is 2. The average molecular weight is 359 g/mol. The molecule has 3 saturated carbocycles. The third-order valence-electron chi connectivity index (χ3n) is 7.22. The Morgan fingerprint density at radius 1 is 1.23 bits per heavy atom. The smallest absolute Gasteiger partial charge is 0.164 e. The van der Waals surface area contributed by atoms with Gasteiger partial charge in [0.15, 0.2) is 6.29 Å². The van der Waals surface area contributed by atoms with Crippen LogP contribution in [0, 0.1) is 28.6 Å². The molecule has 4 rings (SSSR count). The van der Waals surface area contributed by atoms with Crippen LogP contribution in [0.15, 0.2) is 23.8 Å². The Morgan fingerprint density at radius 2 is 2.04 bits per heavy atom. The van der Waals surface area contributed by atoms with Gasteiger partial charge < -0.3 is 9.47 Å². The molecule has 4 aliphatic rings. The topological polar surface area (TPSA) is 18.5 Å². The fraction of sp³-hybridized carbons (Fsp3) is 0.833. The number of fused-ring (bicyclic) bond motifs is 1. The standard InChI is InChI=1S/C24H38O2/c1-16(2)25-22(24-11-10-19-12-18(15-24)13-21(19)24)26-20-8-6-17(7-9-20)14-23(3,4)5/h6-8,16,18-22H,9-15H2,1-5H3. The monoisotopic (exact) mass is 358 g/mol. The molecule has 0 radical (unpaired) electrons. The zero-order chi connectivity index (χ0) is 18.5. The third-order valence-corrected chi connectivity index (χ3v) is 7.22. The maximum absolute atomic E-state index is 6.68. The second-order valence-electron chi connectivity index (χ2n) is 11.0. The number of rotatable bonds is 6. The van der Waals surface area contributed by atoms with Gasteiger partial charge in [-0.25, -0.2) is 0 Å². The highest BCUT2D eigenvalue weighted by Gasteiger charge is 2.63. The van der Waals surface area contributed by atoms with Crippen LogP contribution in [-0.2, 0) is 9.47 Å². The van der Waals surface area contributed by atoms with Gasteiger partial charge in [-0.2, -0.15) is 0 Å². The van der Waals surface area contributed by atoms with E-state index in [4.69, 9.17) is 9.47 Å². The van der Waals surface area contributed by atoms with Gasteiger partial charge in [0.25, 0.3) is 0 Å². The first-order valence-electron chi connectivity index (χ1n) is 10.9. The Labute approximate surface area is 160 Å². The number of allylic oxidation sites excluding steroid dienone is 2. The van der Waals surface area contributed by atoms with Crippen molar-refractivity contribution in [1.29, 1.82) is 0 Å². The molecule has 2 bridgehead atoms. The molecule has 0 saturated heterocycles. The molecule has 0 aromatic rings. The highest BCUT2D eigenvalue weighted by atomic mass is 16.7. The Balaban J connectivity index is 1.44. The van der Waals surface area contributed by atoms with E-state index in [0.29, 0.717) is 10.8 Å². The fourth-order valence-electron chi connectivity index (χ4n) is 6.45. The Hall–Kier alpha value is -0.600. The zero-order valence-corrected chi connectivity index (χ0v) is 17.5. The normalized spacial score (nSPS) is 39.7. The van der Waals surface area contributed by atoms with Crippen molar-refractivity contribution >= 4 is 0 Å². The Morgan fingerprint density at radius 3 is 2.65 bits per heavy atom. The summed E-state index contributed by atoms with van der Waals surface area (Å²) in [5.41, 5.74) is 2.10. The third kappa shape index (κ3) is 3.56. The quantitative estimate of drug-likeness (QED) is 0.521. The van der Waals surface area contributed by atoms with Crippen LogP contribution in [0.4, 0.5) is 0 Å². The summed E-state index contributed by atoms with van der Waals surface area (Å²) in [6.45, 7) is 11.2. The van der Waals surface area contributed by atoms with Crippen molar-refractivity contribution < 1.29 is 9.47 Å². The summed E-state index contributed by atoms with van der Waals surface area (Å²) in [6, 6.07) is 0. The van der Waals surface area contributed by atoms with Crippen molar-refractivity contribution in [3.05, 3.63) is 23.8 Å². The van der Waals surface area contributed by atoms with Crippen LogP contribution in [0.1, 0.15) is 79.6 Å². The highest BCUT2D eigenvalue weighted by molar-refractivity contribution is 5.25. The minimum atomic E-state index is -0.0185. The predicted molar refractivity (Wildman–Crippen MR) is 107 cm³/mol. The maximum atomic E-state index is 6.68. The van der Waals surface area contributed by atoms with Crippen LogP contribution in [-0.4, -0.2) is 18.5 Å². The molecule has 0 spiro atoms. The molecule has 146 valence electrons. The minimum Gasteiger partial charge on any atom is -0.349 e. The van der Waals surface area contributed by atoms with Gasteiger partial charge in [-0.3, -0.25) is 0 Å². The van der Waals surface area contributed by atoms with Gasteiger partial charge in [-0.1, -0.05) is 44.6 Å². The first kappa shape index (κ1) is 18.7. The highest BCUT2D eigenvalue weighted by Crippen LogP contribution is 2.68. The van der Waals surface area contributed by atoms with Crippen LogP contribution in [0.3, 0.4) is 0 Å². The van der Waals surface area contributed by atoms with Crippen LogP contribution in [0.25, 0.3) is 0 Å². The van der Waals surface area contributed by atoms with Crippen LogP contribution < -0.4 is 0 Å². The van der Waals surface area contributed by atoms with Crippen LogP contribution in [0.5, 0.6) is 0 Å². The molecular weight excluding hydrogens is 320 g/mol. The van der Waals surface area contributed by atoms with Crippen molar-refractivity contribution in [3.63, 3.8) is 0 Å². The summed E-state index contributed by atoms with van der Waals surface area (Å²) in [7, 11) is 0. The zero-order valence-electron chi connectivity index (χ0n) is 17.5. The molecule has 0 aliphatic heterocycles. The molecule has 2 heteroatoms. The van der Waals surface area contributed by atoms with E-state index in [9.17, 15) is 0 Å². The van der Waals surface area contributed by atoms with E-state index in [2.05, 4.69) is 52.8 Å². The van der Waals surface area contributed by atoms with Crippen molar-refractivity contribution in [2.45, 2.75) is 98.1 Å². The van der Waals surface area contributed by atoms with Gasteiger partial charge in [-0.05, 0) is 82.0 Å². The van der Waals surface area contributed by atoms with E-state index >= 15 is 0 Å². The summed E-state index contributed by atoms with van der Waals surface area (Å²) in [4.78, 5) is 0. The summed E-state index contributed by atoms with van der Waals surface area (Å²) >= 11 is 0. The molecule has 6 atom stereocenters. The Bertz CT molecular complexity index is 582. The van der Waals surface area contributed by atoms with E-state index in [1.165, 1.54) is 37.7 Å². The molecule has 26 heavy (non-hydrogen) atoms. The van der Waals surface area contributed by atoms with E-state index in [0.717, 1.165) is 30.6 Å². The van der Waals surface area contributed by atoms with Gasteiger partial charge in [0.1, 0.15) is 0 Å². The maximum Gasteiger partial charge on any atom is 0.164 e. The number of ether oxygens (including phenoxy) is 2. The van der Waals surface area contributed by atoms with Crippen molar-refractivity contribution in [1.82, 2.24) is 0 Å². The molecule has 0 heterocycles. The summed E-state index contributed by atoms with van der Waals surface area (Å²) < 4.78 is 13.1. The Kier molecular flexibility index (Phi) is 4.89. The SMILES string of the molecule is CC(C)OC(OC1C=CC(CC(C)(C)C)=CC1)C12CCC3CC(CC31)C2. The van der Waals surface area contributed by atoms with Gasteiger partial charge in [0.2, 0.25) is 0 Å². The van der Waals surface area contributed by atoms with Gasteiger partial charge >= 0.3 is 0 Å². The largest absolute Gasteiger partial charge is 0.349 e. The molecule has 2 nitrogen and oxygen atoms in total. The average Bonchev–Trinajstić information content (AvgIpc) is 3.14. The molecule has 0 N–H and O–H groups in total. The first-order chi connectivity index (χ1) is 12.2. The molecular formula is C24H38O2. The van der Waals surface area contributed by atoms with Crippen molar-refractivity contribution in [3.8, 4) is 0 Å². The molecule has 3 fully saturated rings. The molecule has 0 aromatic heterocycles. The van der Waals surface area contributed by atoms with Crippen molar-refractivity contribution in [2.24, 2.45) is 28.6 Å². The van der Waals surface area contributed by atoms with Crippen molar-refractivity contribution in [2.75, 3.05) is 0 Å². The molecule has 6 unspecified atom stereocenters. The summed E-state index contributed by atoms with van der Waals surface area (Å²) in [5, 5.41) is 0. The fourth-order valence-corrected chi connectivity index (χ4v) is 6.45. The lowest BCUT2D eigenvalue weighted by Gasteiger charge is -2.42. The van der Waals surface area contributed by atoms with Crippen LogP contribution >= 0.6 is 0 Å². The van der Waals surface area contributed by atoms with E-state index in [1.807, 2.05) is 0 Å². The number of hydrogen-bond donors (Lipinski definition) is 0. The van der Waals surface area contributed by atoms with Gasteiger partial charge in [0, 0.05) is 5.41 Å². The van der Waals surface area contributed by atoms with Gasteiger partial charge in [0.05, 0.1) is 12.2 Å². The lowest BCUT2D eigenvalue weighted by Crippen LogP contribution is -2.44. The first-order valence-corrected chi connectivity index (χ1v) is 10.9.